The third-order valence-electron chi connectivity index (χ3n) is 6.21. The van der Waals surface area contributed by atoms with Gasteiger partial charge in [-0.05, 0) is 50.9 Å². The van der Waals surface area contributed by atoms with Crippen molar-refractivity contribution in [2.24, 2.45) is 5.92 Å². The second kappa shape index (κ2) is 7.20. The van der Waals surface area contributed by atoms with Gasteiger partial charge >= 0.3 is 0 Å². The fourth-order valence-electron chi connectivity index (χ4n) is 4.31. The number of ether oxygens (including phenoxy) is 2. The molecule has 1 aliphatic heterocycles. The van der Waals surface area contributed by atoms with E-state index in [4.69, 9.17) is 14.5 Å². The van der Waals surface area contributed by atoms with Crippen molar-refractivity contribution >= 4 is 10.9 Å². The Balaban J connectivity index is 1.32. The highest BCUT2D eigenvalue weighted by atomic mass is 16.5. The molecule has 3 aliphatic rings. The number of aromatic nitrogens is 3. The van der Waals surface area contributed by atoms with Gasteiger partial charge < -0.3 is 9.47 Å². The third kappa shape index (κ3) is 3.47. The summed E-state index contributed by atoms with van der Waals surface area (Å²) in [5.41, 5.74) is 2.30. The maximum Gasteiger partial charge on any atom is 0.132 e. The minimum atomic E-state index is 0.417. The summed E-state index contributed by atoms with van der Waals surface area (Å²) < 4.78 is 11.7. The van der Waals surface area contributed by atoms with E-state index in [2.05, 4.69) is 9.97 Å². The molecule has 0 aromatic carbocycles. The molecule has 0 amide bonds. The minimum Gasteiger partial charge on any atom is -0.381 e. The van der Waals surface area contributed by atoms with Gasteiger partial charge in [0.15, 0.2) is 0 Å². The van der Waals surface area contributed by atoms with Gasteiger partial charge in [-0.25, -0.2) is 9.97 Å². The molecule has 26 heavy (non-hydrogen) atoms. The van der Waals surface area contributed by atoms with Crippen LogP contribution in [0.15, 0.2) is 18.6 Å². The van der Waals surface area contributed by atoms with Crippen molar-refractivity contribution in [3.63, 3.8) is 0 Å². The van der Waals surface area contributed by atoms with E-state index in [0.717, 1.165) is 74.6 Å². The molecule has 0 N–H and O–H groups in total. The Kier molecular flexibility index (Phi) is 4.59. The number of hydrogen-bond acceptors (Lipinski definition) is 5. The lowest BCUT2D eigenvalue weighted by Gasteiger charge is -2.28. The van der Waals surface area contributed by atoms with Gasteiger partial charge in [0.1, 0.15) is 5.82 Å². The van der Waals surface area contributed by atoms with E-state index in [0.29, 0.717) is 17.9 Å². The molecule has 2 saturated carbocycles. The van der Waals surface area contributed by atoms with Crippen LogP contribution in [-0.2, 0) is 9.47 Å². The van der Waals surface area contributed by atoms with Gasteiger partial charge in [0, 0.05) is 54.6 Å². The zero-order chi connectivity index (χ0) is 17.3. The zero-order valence-electron chi connectivity index (χ0n) is 15.3. The van der Waals surface area contributed by atoms with Crippen LogP contribution in [0.4, 0.5) is 0 Å². The first-order chi connectivity index (χ1) is 12.9. The lowest BCUT2D eigenvalue weighted by atomic mass is 9.86. The van der Waals surface area contributed by atoms with Crippen LogP contribution >= 0.6 is 0 Å². The van der Waals surface area contributed by atoms with E-state index in [1.165, 1.54) is 18.4 Å². The molecule has 0 radical (unpaired) electrons. The van der Waals surface area contributed by atoms with Crippen molar-refractivity contribution < 1.29 is 9.47 Å². The van der Waals surface area contributed by atoms with Crippen LogP contribution in [0.5, 0.6) is 0 Å². The molecule has 138 valence electrons. The number of rotatable bonds is 5. The fourth-order valence-corrected chi connectivity index (χ4v) is 4.31. The molecule has 2 aromatic rings. The molecule has 5 nitrogen and oxygen atoms in total. The Morgan fingerprint density at radius 2 is 1.85 bits per heavy atom. The molecular weight excluding hydrogens is 326 g/mol. The molecule has 2 aliphatic carbocycles. The first-order valence-corrected chi connectivity index (χ1v) is 10.2. The quantitative estimate of drug-likeness (QED) is 0.814. The predicted molar refractivity (Wildman–Crippen MR) is 99.2 cm³/mol. The first-order valence-electron chi connectivity index (χ1n) is 10.2. The van der Waals surface area contributed by atoms with Crippen molar-refractivity contribution in [1.29, 1.82) is 0 Å². The van der Waals surface area contributed by atoms with Crippen LogP contribution in [0.25, 0.3) is 10.9 Å². The summed E-state index contributed by atoms with van der Waals surface area (Å²) in [7, 11) is 0. The van der Waals surface area contributed by atoms with Crippen molar-refractivity contribution in [3.8, 4) is 0 Å². The standard InChI is InChI=1S/C21H27N3O2/c1-2-14(1)12-26-18-5-3-15(4-6-18)21-23-10-17-9-22-11-19(20(17)24-21)16-7-8-25-13-16/h9-11,14-16,18H,1-8,12-13H2. The maximum absolute atomic E-state index is 6.08. The summed E-state index contributed by atoms with van der Waals surface area (Å²) in [6.45, 7) is 2.59. The number of fused-ring (bicyclic) bond motifs is 1. The highest BCUT2D eigenvalue weighted by Crippen LogP contribution is 2.36. The highest BCUT2D eigenvalue weighted by molar-refractivity contribution is 5.80. The molecule has 0 bridgehead atoms. The van der Waals surface area contributed by atoms with E-state index in [1.54, 1.807) is 0 Å². The van der Waals surface area contributed by atoms with Gasteiger partial charge in [0.2, 0.25) is 0 Å². The number of hydrogen-bond donors (Lipinski definition) is 0. The van der Waals surface area contributed by atoms with Crippen LogP contribution in [0, 0.1) is 5.92 Å². The minimum absolute atomic E-state index is 0.417. The Labute approximate surface area is 154 Å². The SMILES string of the molecule is c1ncc2cnc(C3CCC(OCC4CC4)CC3)nc2c1C1CCOC1. The first kappa shape index (κ1) is 16.6. The molecule has 1 unspecified atom stereocenters. The average Bonchev–Trinajstić information content (AvgIpc) is 3.37. The van der Waals surface area contributed by atoms with Gasteiger partial charge in [-0.15, -0.1) is 0 Å². The Morgan fingerprint density at radius 1 is 0.962 bits per heavy atom. The Bertz CT molecular complexity index is 763. The molecule has 5 rings (SSSR count). The molecular formula is C21H27N3O2. The summed E-state index contributed by atoms with van der Waals surface area (Å²) in [5, 5.41) is 1.04. The summed E-state index contributed by atoms with van der Waals surface area (Å²) in [4.78, 5) is 14.1. The molecule has 5 heteroatoms. The number of pyridine rings is 1. The van der Waals surface area contributed by atoms with Crippen molar-refractivity contribution in [2.75, 3.05) is 19.8 Å². The van der Waals surface area contributed by atoms with E-state index in [9.17, 15) is 0 Å². The topological polar surface area (TPSA) is 57.1 Å². The van der Waals surface area contributed by atoms with E-state index in [1.807, 2.05) is 18.6 Å². The monoisotopic (exact) mass is 353 g/mol. The molecule has 1 saturated heterocycles. The Hall–Kier alpha value is -1.59. The second-order valence-electron chi connectivity index (χ2n) is 8.21. The van der Waals surface area contributed by atoms with Gasteiger partial charge in [-0.3, -0.25) is 4.98 Å². The summed E-state index contributed by atoms with van der Waals surface area (Å²) in [5.74, 6) is 2.73. The molecule has 3 heterocycles. The van der Waals surface area contributed by atoms with Gasteiger partial charge in [-0.1, -0.05) is 0 Å². The van der Waals surface area contributed by atoms with Crippen LogP contribution < -0.4 is 0 Å². The zero-order valence-corrected chi connectivity index (χ0v) is 15.3. The summed E-state index contributed by atoms with van der Waals surface area (Å²) in [6.07, 6.45) is 14.6. The summed E-state index contributed by atoms with van der Waals surface area (Å²) in [6, 6.07) is 0. The van der Waals surface area contributed by atoms with E-state index >= 15 is 0 Å². The van der Waals surface area contributed by atoms with Crippen LogP contribution in [0.2, 0.25) is 0 Å². The lowest BCUT2D eigenvalue weighted by Crippen LogP contribution is -2.22. The fraction of sp³-hybridized carbons (Fsp3) is 0.667. The van der Waals surface area contributed by atoms with Gasteiger partial charge in [0.25, 0.3) is 0 Å². The Morgan fingerprint density at radius 3 is 2.62 bits per heavy atom. The molecule has 1 atom stereocenters. The lowest BCUT2D eigenvalue weighted by molar-refractivity contribution is 0.0182. The molecule has 2 aromatic heterocycles. The van der Waals surface area contributed by atoms with Crippen molar-refractivity contribution in [1.82, 2.24) is 15.0 Å². The van der Waals surface area contributed by atoms with Crippen molar-refractivity contribution in [2.45, 2.75) is 62.9 Å². The van der Waals surface area contributed by atoms with E-state index < -0.39 is 0 Å². The van der Waals surface area contributed by atoms with Crippen LogP contribution in [0.3, 0.4) is 0 Å². The normalized spacial score (nSPS) is 29.3. The third-order valence-corrected chi connectivity index (χ3v) is 6.21. The van der Waals surface area contributed by atoms with Gasteiger partial charge in [0.05, 0.1) is 18.2 Å². The average molecular weight is 353 g/mol. The van der Waals surface area contributed by atoms with E-state index in [-0.39, 0.29) is 0 Å². The molecule has 0 spiro atoms. The maximum atomic E-state index is 6.08. The number of nitrogens with zero attached hydrogens (tertiary/aromatic N) is 3. The second-order valence-corrected chi connectivity index (χ2v) is 8.21. The molecule has 3 fully saturated rings. The van der Waals surface area contributed by atoms with Crippen LogP contribution in [-0.4, -0.2) is 40.9 Å². The van der Waals surface area contributed by atoms with Crippen LogP contribution in [0.1, 0.15) is 68.2 Å². The largest absolute Gasteiger partial charge is 0.381 e. The predicted octanol–water partition coefficient (Wildman–Crippen LogP) is 3.98. The summed E-state index contributed by atoms with van der Waals surface area (Å²) >= 11 is 0. The van der Waals surface area contributed by atoms with Crippen molar-refractivity contribution in [3.05, 3.63) is 30.0 Å². The van der Waals surface area contributed by atoms with Gasteiger partial charge in [-0.2, -0.15) is 0 Å². The smallest absolute Gasteiger partial charge is 0.132 e. The highest BCUT2D eigenvalue weighted by Gasteiger charge is 2.28.